The van der Waals surface area contributed by atoms with E-state index < -0.39 is 11.9 Å². The van der Waals surface area contributed by atoms with E-state index in [1.165, 1.54) is 6.07 Å². The van der Waals surface area contributed by atoms with Gasteiger partial charge in [0.05, 0.1) is 23.4 Å². The van der Waals surface area contributed by atoms with Crippen molar-refractivity contribution < 1.29 is 29.3 Å². The van der Waals surface area contributed by atoms with E-state index in [2.05, 4.69) is 14.7 Å². The second kappa shape index (κ2) is 7.59. The summed E-state index contributed by atoms with van der Waals surface area (Å²) in [5, 5.41) is 22.4. The minimum absolute atomic E-state index is 0.118. The standard InChI is InChI=1S/C10H12N2O6S/c11-7-5-6(1-2-8(7)19-18-17-16)12-9(13)3-4-10(14)15/h1-2,5,16H,3-4,11H2,(H,12,13)(H,14,15). The lowest BCUT2D eigenvalue weighted by atomic mass is 10.2. The van der Waals surface area contributed by atoms with Crippen LogP contribution < -0.4 is 11.1 Å². The molecule has 0 saturated heterocycles. The molecule has 0 spiro atoms. The summed E-state index contributed by atoms with van der Waals surface area (Å²) in [5.74, 6) is -1.46. The summed E-state index contributed by atoms with van der Waals surface area (Å²) in [5.41, 5.74) is 6.41. The van der Waals surface area contributed by atoms with Crippen molar-refractivity contribution in [2.24, 2.45) is 0 Å². The molecular formula is C10H12N2O6S. The highest BCUT2D eigenvalue weighted by atomic mass is 32.2. The Hall–Kier alpha value is -1.81. The molecule has 0 heterocycles. The van der Waals surface area contributed by atoms with Gasteiger partial charge in [-0.1, -0.05) is 5.04 Å². The number of rotatable bonds is 7. The fraction of sp³-hybridized carbons (Fsp3) is 0.200. The van der Waals surface area contributed by atoms with Gasteiger partial charge in [-0.25, -0.2) is 5.26 Å². The normalized spacial score (nSPS) is 10.2. The van der Waals surface area contributed by atoms with Gasteiger partial charge in [0.15, 0.2) is 0 Å². The van der Waals surface area contributed by atoms with E-state index in [0.29, 0.717) is 28.3 Å². The molecular weight excluding hydrogens is 276 g/mol. The Labute approximate surface area is 112 Å². The molecule has 0 aliphatic heterocycles. The molecule has 0 atom stereocenters. The number of benzene rings is 1. The molecule has 1 aromatic rings. The number of hydrogen-bond donors (Lipinski definition) is 4. The number of nitrogens with one attached hydrogen (secondary N) is 1. The van der Waals surface area contributed by atoms with E-state index in [1.807, 2.05) is 0 Å². The van der Waals surface area contributed by atoms with Gasteiger partial charge in [-0.15, -0.1) is 4.33 Å². The summed E-state index contributed by atoms with van der Waals surface area (Å²) >= 11 is 0.701. The van der Waals surface area contributed by atoms with Crippen molar-refractivity contribution in [2.75, 3.05) is 11.1 Å². The number of aliphatic carboxylic acids is 1. The molecule has 5 N–H and O–H groups in total. The van der Waals surface area contributed by atoms with Crippen molar-refractivity contribution in [2.45, 2.75) is 17.7 Å². The van der Waals surface area contributed by atoms with Gasteiger partial charge in [-0.05, 0) is 18.2 Å². The first-order chi connectivity index (χ1) is 9.02. The fourth-order valence-corrected chi connectivity index (χ4v) is 1.58. The van der Waals surface area contributed by atoms with E-state index in [-0.39, 0.29) is 12.8 Å². The van der Waals surface area contributed by atoms with Crippen molar-refractivity contribution in [3.8, 4) is 0 Å². The van der Waals surface area contributed by atoms with Crippen LogP contribution in [0.5, 0.6) is 0 Å². The van der Waals surface area contributed by atoms with E-state index in [9.17, 15) is 9.59 Å². The Morgan fingerprint density at radius 2 is 2.11 bits per heavy atom. The van der Waals surface area contributed by atoms with Crippen LogP contribution in [0.15, 0.2) is 23.1 Å². The van der Waals surface area contributed by atoms with Crippen LogP contribution in [-0.4, -0.2) is 22.2 Å². The lowest BCUT2D eigenvalue weighted by Crippen LogP contribution is -2.13. The molecule has 0 radical (unpaired) electrons. The zero-order valence-electron chi connectivity index (χ0n) is 9.66. The van der Waals surface area contributed by atoms with Crippen molar-refractivity contribution in [1.82, 2.24) is 0 Å². The van der Waals surface area contributed by atoms with Gasteiger partial charge in [-0.2, -0.15) is 0 Å². The van der Waals surface area contributed by atoms with Gasteiger partial charge in [0.2, 0.25) is 5.91 Å². The van der Waals surface area contributed by atoms with Crippen LogP contribution in [0.1, 0.15) is 12.8 Å². The maximum Gasteiger partial charge on any atom is 0.303 e. The molecule has 0 saturated carbocycles. The van der Waals surface area contributed by atoms with Crippen LogP contribution in [-0.2, 0) is 19.0 Å². The number of carboxylic acid groups (broad SMARTS) is 1. The number of carbonyl (C=O) groups is 2. The number of carboxylic acids is 1. The Morgan fingerprint density at radius 3 is 2.68 bits per heavy atom. The molecule has 0 aromatic heterocycles. The maximum absolute atomic E-state index is 11.4. The third kappa shape index (κ3) is 5.57. The lowest BCUT2D eigenvalue weighted by molar-refractivity contribution is -0.432. The van der Waals surface area contributed by atoms with E-state index >= 15 is 0 Å². The Morgan fingerprint density at radius 1 is 1.37 bits per heavy atom. The molecule has 9 heteroatoms. The summed E-state index contributed by atoms with van der Waals surface area (Å²) in [6, 6.07) is 4.58. The number of anilines is 2. The SMILES string of the molecule is Nc1cc(NC(=O)CCC(=O)O)ccc1SOOO. The smallest absolute Gasteiger partial charge is 0.303 e. The van der Waals surface area contributed by atoms with E-state index in [1.54, 1.807) is 12.1 Å². The fourth-order valence-electron chi connectivity index (χ4n) is 1.20. The monoisotopic (exact) mass is 288 g/mol. The summed E-state index contributed by atoms with van der Waals surface area (Å²) in [6.45, 7) is 0. The first kappa shape index (κ1) is 15.2. The molecule has 0 unspecified atom stereocenters. The van der Waals surface area contributed by atoms with Crippen molar-refractivity contribution in [3.63, 3.8) is 0 Å². The maximum atomic E-state index is 11.4. The zero-order chi connectivity index (χ0) is 14.3. The highest BCUT2D eigenvalue weighted by Gasteiger charge is 2.08. The summed E-state index contributed by atoms with van der Waals surface area (Å²) < 4.78 is 4.23. The molecule has 8 nitrogen and oxygen atoms in total. The lowest BCUT2D eigenvalue weighted by Gasteiger charge is -2.07. The van der Waals surface area contributed by atoms with Crippen molar-refractivity contribution >= 4 is 35.3 Å². The average Bonchev–Trinajstić information content (AvgIpc) is 2.35. The van der Waals surface area contributed by atoms with Gasteiger partial charge in [0, 0.05) is 17.8 Å². The number of hydrogen-bond acceptors (Lipinski definition) is 7. The van der Waals surface area contributed by atoms with Crippen molar-refractivity contribution in [3.05, 3.63) is 18.2 Å². The summed E-state index contributed by atoms with van der Waals surface area (Å²) in [7, 11) is 0. The molecule has 19 heavy (non-hydrogen) atoms. The average molecular weight is 288 g/mol. The van der Waals surface area contributed by atoms with Gasteiger partial charge in [0.25, 0.3) is 0 Å². The second-order valence-corrected chi connectivity index (χ2v) is 4.16. The molecule has 1 rings (SSSR count). The Bertz CT molecular complexity index is 467. The number of amides is 1. The molecule has 1 aromatic carbocycles. The predicted octanol–water partition coefficient (Wildman–Crippen LogP) is 1.50. The quantitative estimate of drug-likeness (QED) is 0.257. The molecule has 0 aliphatic carbocycles. The number of nitrogens with two attached hydrogens (primary N) is 1. The summed E-state index contributed by atoms with van der Waals surface area (Å²) in [4.78, 5) is 22.2. The second-order valence-electron chi connectivity index (χ2n) is 3.42. The van der Waals surface area contributed by atoms with Crippen LogP contribution in [0.3, 0.4) is 0 Å². The van der Waals surface area contributed by atoms with Gasteiger partial charge in [-0.3, -0.25) is 9.59 Å². The van der Waals surface area contributed by atoms with E-state index in [4.69, 9.17) is 16.1 Å². The first-order valence-corrected chi connectivity index (χ1v) is 5.83. The van der Waals surface area contributed by atoms with Gasteiger partial charge < -0.3 is 16.2 Å². The van der Waals surface area contributed by atoms with Crippen LogP contribution in [0.4, 0.5) is 11.4 Å². The third-order valence-corrected chi connectivity index (χ3v) is 2.69. The van der Waals surface area contributed by atoms with Crippen LogP contribution >= 0.6 is 12.0 Å². The highest BCUT2D eigenvalue weighted by Crippen LogP contribution is 2.28. The zero-order valence-corrected chi connectivity index (χ0v) is 10.5. The van der Waals surface area contributed by atoms with Crippen LogP contribution in [0, 0.1) is 0 Å². The van der Waals surface area contributed by atoms with Crippen LogP contribution in [0.2, 0.25) is 0 Å². The minimum atomic E-state index is -1.04. The van der Waals surface area contributed by atoms with Gasteiger partial charge >= 0.3 is 5.97 Å². The Kier molecular flexibility index (Phi) is 6.09. The largest absolute Gasteiger partial charge is 0.481 e. The predicted molar refractivity (Wildman–Crippen MR) is 67.0 cm³/mol. The molecule has 1 amide bonds. The molecule has 0 fully saturated rings. The first-order valence-electron chi connectivity index (χ1n) is 5.09. The highest BCUT2D eigenvalue weighted by molar-refractivity contribution is 7.94. The Balaban J connectivity index is 2.57. The number of nitrogen functional groups attached to an aromatic ring is 1. The topological polar surface area (TPSA) is 131 Å². The molecule has 0 aliphatic rings. The van der Waals surface area contributed by atoms with Crippen molar-refractivity contribution in [1.29, 1.82) is 0 Å². The summed E-state index contributed by atoms with van der Waals surface area (Å²) in [6.07, 6.45) is -0.357. The van der Waals surface area contributed by atoms with E-state index in [0.717, 1.165) is 0 Å². The third-order valence-electron chi connectivity index (χ3n) is 2.01. The minimum Gasteiger partial charge on any atom is -0.481 e. The van der Waals surface area contributed by atoms with Gasteiger partial charge in [0.1, 0.15) is 0 Å². The molecule has 104 valence electrons. The van der Waals surface area contributed by atoms with Crippen LogP contribution in [0.25, 0.3) is 0 Å². The number of carbonyl (C=O) groups excluding carboxylic acids is 1. The molecule has 0 bridgehead atoms.